The lowest BCUT2D eigenvalue weighted by Gasteiger charge is -2.08. The van der Waals surface area contributed by atoms with E-state index >= 15 is 0 Å². The molecule has 1 heterocycles. The van der Waals surface area contributed by atoms with Crippen LogP contribution >= 0.6 is 0 Å². The number of ether oxygens (including phenoxy) is 1. The molecule has 108 valence electrons. The quantitative estimate of drug-likeness (QED) is 0.666. The summed E-state index contributed by atoms with van der Waals surface area (Å²) in [5.74, 6) is -1.19. The highest BCUT2D eigenvalue weighted by Crippen LogP contribution is 2.24. The van der Waals surface area contributed by atoms with Gasteiger partial charge < -0.3 is 15.2 Å². The molecule has 0 atom stereocenters. The van der Waals surface area contributed by atoms with Gasteiger partial charge in [-0.1, -0.05) is 12.1 Å². The molecule has 1 amide bonds. The van der Waals surface area contributed by atoms with Crippen LogP contribution in [-0.4, -0.2) is 29.1 Å². The summed E-state index contributed by atoms with van der Waals surface area (Å²) >= 11 is 0. The van der Waals surface area contributed by atoms with Crippen molar-refractivity contribution in [3.05, 3.63) is 53.3 Å². The summed E-state index contributed by atoms with van der Waals surface area (Å²) in [4.78, 5) is 27.4. The summed E-state index contributed by atoms with van der Waals surface area (Å²) in [6, 6.07) is 9.30. The van der Waals surface area contributed by atoms with Crippen LogP contribution in [0, 0.1) is 6.92 Å². The number of hydrogen-bond acceptors (Lipinski definition) is 5. The van der Waals surface area contributed by atoms with Crippen molar-refractivity contribution in [1.82, 2.24) is 4.98 Å². The molecule has 0 aliphatic carbocycles. The van der Waals surface area contributed by atoms with Crippen molar-refractivity contribution in [2.24, 2.45) is 0 Å². The molecule has 6 heteroatoms. The Balaban J connectivity index is 2.24. The normalized spacial score (nSPS) is 10.0. The van der Waals surface area contributed by atoms with E-state index in [0.717, 1.165) is 5.56 Å². The molecular weight excluding hydrogens is 272 g/mol. The minimum atomic E-state index is -0.622. The van der Waals surface area contributed by atoms with E-state index in [4.69, 9.17) is 0 Å². The molecule has 0 aliphatic rings. The number of amides is 1. The van der Waals surface area contributed by atoms with Gasteiger partial charge in [-0.3, -0.25) is 4.79 Å². The predicted octanol–water partition coefficient (Wildman–Crippen LogP) is 2.13. The highest BCUT2D eigenvalue weighted by atomic mass is 16.5. The second kappa shape index (κ2) is 6.04. The highest BCUT2D eigenvalue weighted by Gasteiger charge is 2.14. The first-order valence-electron chi connectivity index (χ1n) is 6.17. The number of nitrogens with one attached hydrogen (secondary N) is 1. The first-order chi connectivity index (χ1) is 10.0. The zero-order valence-electron chi connectivity index (χ0n) is 11.6. The fourth-order valence-electron chi connectivity index (χ4n) is 1.72. The maximum absolute atomic E-state index is 12.1. The molecule has 0 bridgehead atoms. The van der Waals surface area contributed by atoms with Crippen LogP contribution in [0.3, 0.4) is 0 Å². The number of carbonyl (C=O) groups is 2. The Hall–Kier alpha value is -2.89. The number of aryl methyl sites for hydroxylation is 1. The summed E-state index contributed by atoms with van der Waals surface area (Å²) in [6.07, 6.45) is 0. The Morgan fingerprint density at radius 2 is 1.90 bits per heavy atom. The van der Waals surface area contributed by atoms with Crippen LogP contribution in [0.2, 0.25) is 0 Å². The molecule has 0 spiro atoms. The Kier molecular flexibility index (Phi) is 4.18. The second-order valence-corrected chi connectivity index (χ2v) is 4.37. The third-order valence-electron chi connectivity index (χ3n) is 2.78. The van der Waals surface area contributed by atoms with Gasteiger partial charge in [-0.2, -0.15) is 0 Å². The molecule has 2 aromatic rings. The van der Waals surface area contributed by atoms with Gasteiger partial charge in [0.05, 0.1) is 12.8 Å². The van der Waals surface area contributed by atoms with Crippen LogP contribution < -0.4 is 5.32 Å². The molecule has 0 aliphatic heterocycles. The topological polar surface area (TPSA) is 88.5 Å². The van der Waals surface area contributed by atoms with Crippen molar-refractivity contribution in [1.29, 1.82) is 0 Å². The van der Waals surface area contributed by atoms with E-state index in [0.29, 0.717) is 0 Å². The Morgan fingerprint density at radius 1 is 1.19 bits per heavy atom. The zero-order chi connectivity index (χ0) is 15.4. The van der Waals surface area contributed by atoms with Crippen molar-refractivity contribution in [2.75, 3.05) is 12.4 Å². The van der Waals surface area contributed by atoms with Crippen LogP contribution in [0.25, 0.3) is 0 Å². The van der Waals surface area contributed by atoms with Gasteiger partial charge in [0.25, 0.3) is 5.91 Å². The van der Waals surface area contributed by atoms with Crippen molar-refractivity contribution in [2.45, 2.75) is 6.92 Å². The number of aromatic hydroxyl groups is 1. The monoisotopic (exact) mass is 286 g/mol. The number of nitrogens with zero attached hydrogens (tertiary/aromatic N) is 1. The Labute approximate surface area is 121 Å². The number of esters is 1. The SMILES string of the molecule is COC(=O)c1cccc(C(=O)Nc2cc(C)ccc2O)n1. The molecule has 1 aromatic carbocycles. The fraction of sp³-hybridized carbons (Fsp3) is 0.133. The van der Waals surface area contributed by atoms with Gasteiger partial charge >= 0.3 is 5.97 Å². The Bertz CT molecular complexity index is 698. The molecule has 21 heavy (non-hydrogen) atoms. The Morgan fingerprint density at radius 3 is 2.62 bits per heavy atom. The standard InChI is InChI=1S/C15H14N2O4/c1-9-6-7-13(18)12(8-9)17-14(19)10-4-3-5-11(16-10)15(20)21-2/h3-8,18H,1-2H3,(H,17,19). The van der Waals surface area contributed by atoms with E-state index in [2.05, 4.69) is 15.0 Å². The number of rotatable bonds is 3. The lowest BCUT2D eigenvalue weighted by molar-refractivity contribution is 0.0594. The van der Waals surface area contributed by atoms with E-state index in [-0.39, 0.29) is 22.8 Å². The highest BCUT2D eigenvalue weighted by molar-refractivity contribution is 6.04. The van der Waals surface area contributed by atoms with E-state index in [1.807, 2.05) is 6.92 Å². The molecule has 0 fully saturated rings. The molecule has 0 saturated carbocycles. The summed E-state index contributed by atoms with van der Waals surface area (Å²) < 4.78 is 4.55. The lowest BCUT2D eigenvalue weighted by atomic mass is 10.2. The number of phenolic OH excluding ortho intramolecular Hbond substituents is 1. The van der Waals surface area contributed by atoms with Crippen molar-refractivity contribution in [3.8, 4) is 5.75 Å². The van der Waals surface area contributed by atoms with Gasteiger partial charge in [0, 0.05) is 0 Å². The van der Waals surface area contributed by atoms with Gasteiger partial charge in [-0.25, -0.2) is 9.78 Å². The van der Waals surface area contributed by atoms with Crippen LogP contribution in [-0.2, 0) is 4.74 Å². The van der Waals surface area contributed by atoms with Crippen molar-refractivity contribution in [3.63, 3.8) is 0 Å². The molecule has 0 radical (unpaired) electrons. The smallest absolute Gasteiger partial charge is 0.356 e. The third-order valence-corrected chi connectivity index (χ3v) is 2.78. The molecular formula is C15H14N2O4. The molecule has 2 N–H and O–H groups in total. The minimum absolute atomic E-state index is 0.0404. The summed E-state index contributed by atoms with van der Waals surface area (Å²) in [7, 11) is 1.24. The average Bonchev–Trinajstić information content (AvgIpc) is 2.50. The number of phenols is 1. The van der Waals surface area contributed by atoms with Gasteiger partial charge in [0.2, 0.25) is 0 Å². The van der Waals surface area contributed by atoms with Crippen LogP contribution in [0.1, 0.15) is 26.5 Å². The first kappa shape index (κ1) is 14.5. The fourth-order valence-corrected chi connectivity index (χ4v) is 1.72. The van der Waals surface area contributed by atoms with Crippen molar-refractivity contribution >= 4 is 17.6 Å². The number of pyridine rings is 1. The third kappa shape index (κ3) is 3.36. The number of carbonyl (C=O) groups excluding carboxylic acids is 2. The number of anilines is 1. The predicted molar refractivity (Wildman–Crippen MR) is 76.4 cm³/mol. The number of benzene rings is 1. The summed E-state index contributed by atoms with van der Waals surface area (Å²) in [6.45, 7) is 1.84. The van der Waals surface area contributed by atoms with Gasteiger partial charge in [-0.05, 0) is 36.8 Å². The van der Waals surface area contributed by atoms with E-state index in [1.54, 1.807) is 12.1 Å². The van der Waals surface area contributed by atoms with Gasteiger partial charge in [0.15, 0.2) is 0 Å². The van der Waals surface area contributed by atoms with E-state index in [1.165, 1.54) is 31.4 Å². The zero-order valence-corrected chi connectivity index (χ0v) is 11.6. The van der Waals surface area contributed by atoms with E-state index in [9.17, 15) is 14.7 Å². The average molecular weight is 286 g/mol. The maximum Gasteiger partial charge on any atom is 0.356 e. The lowest BCUT2D eigenvalue weighted by Crippen LogP contribution is -2.16. The molecule has 0 unspecified atom stereocenters. The van der Waals surface area contributed by atoms with Crippen LogP contribution in [0.4, 0.5) is 5.69 Å². The minimum Gasteiger partial charge on any atom is -0.506 e. The number of methoxy groups -OCH3 is 1. The van der Waals surface area contributed by atoms with Gasteiger partial charge in [-0.15, -0.1) is 0 Å². The van der Waals surface area contributed by atoms with Gasteiger partial charge in [0.1, 0.15) is 17.1 Å². The molecule has 0 saturated heterocycles. The summed E-state index contributed by atoms with van der Waals surface area (Å²) in [5.41, 5.74) is 1.27. The number of aromatic nitrogens is 1. The largest absolute Gasteiger partial charge is 0.506 e. The number of hydrogen-bond donors (Lipinski definition) is 2. The maximum atomic E-state index is 12.1. The van der Waals surface area contributed by atoms with Crippen LogP contribution in [0.5, 0.6) is 5.75 Å². The first-order valence-corrected chi connectivity index (χ1v) is 6.17. The second-order valence-electron chi connectivity index (χ2n) is 4.37. The molecule has 6 nitrogen and oxygen atoms in total. The molecule has 1 aromatic heterocycles. The van der Waals surface area contributed by atoms with E-state index < -0.39 is 11.9 Å². The molecule has 2 rings (SSSR count). The van der Waals surface area contributed by atoms with Crippen molar-refractivity contribution < 1.29 is 19.4 Å². The van der Waals surface area contributed by atoms with Crippen LogP contribution in [0.15, 0.2) is 36.4 Å². The summed E-state index contributed by atoms with van der Waals surface area (Å²) in [5, 5.41) is 12.3.